The maximum Gasteiger partial charge on any atom is 0.343 e. The molecule has 0 aliphatic heterocycles. The smallest absolute Gasteiger partial charge is 0.343 e. The molecule has 2 aromatic carbocycles. The monoisotopic (exact) mass is 402 g/mol. The van der Waals surface area contributed by atoms with Gasteiger partial charge in [-0.1, -0.05) is 31.5 Å². The number of carbonyl (C=O) groups excluding carboxylic acids is 2. The van der Waals surface area contributed by atoms with Crippen LogP contribution in [0.2, 0.25) is 0 Å². The molecule has 0 bridgehead atoms. The zero-order valence-corrected chi connectivity index (χ0v) is 18.0. The zero-order chi connectivity index (χ0) is 21.6. The SMILES string of the molecule is CCCC(OC)C(OC)C(=O)Oc1ccc2cccc(OC(=O)C(C)(C)C)c2c1. The average molecular weight is 402 g/mol. The average Bonchev–Trinajstić information content (AvgIpc) is 2.67. The minimum Gasteiger partial charge on any atom is -0.425 e. The van der Waals surface area contributed by atoms with Crippen molar-refractivity contribution in [2.24, 2.45) is 5.41 Å². The second-order valence-electron chi connectivity index (χ2n) is 7.92. The number of benzene rings is 2. The van der Waals surface area contributed by atoms with Crippen LogP contribution in [0.15, 0.2) is 36.4 Å². The summed E-state index contributed by atoms with van der Waals surface area (Å²) in [6.45, 7) is 7.39. The maximum absolute atomic E-state index is 12.6. The third kappa shape index (κ3) is 5.78. The lowest BCUT2D eigenvalue weighted by Gasteiger charge is -2.23. The fourth-order valence-corrected chi connectivity index (χ4v) is 2.88. The Balaban J connectivity index is 2.29. The van der Waals surface area contributed by atoms with E-state index in [2.05, 4.69) is 0 Å². The first kappa shape index (κ1) is 22.8. The van der Waals surface area contributed by atoms with E-state index >= 15 is 0 Å². The van der Waals surface area contributed by atoms with Crippen LogP contribution in [-0.4, -0.2) is 38.4 Å². The Kier molecular flexibility index (Phi) is 7.76. The Labute approximate surface area is 172 Å². The summed E-state index contributed by atoms with van der Waals surface area (Å²) in [7, 11) is 3.00. The number of hydrogen-bond acceptors (Lipinski definition) is 6. The van der Waals surface area contributed by atoms with E-state index in [0.717, 1.165) is 11.8 Å². The number of esters is 2. The van der Waals surface area contributed by atoms with Gasteiger partial charge in [0.05, 0.1) is 11.5 Å². The molecule has 0 fully saturated rings. The molecule has 2 unspecified atom stereocenters. The third-order valence-electron chi connectivity index (χ3n) is 4.55. The standard InChI is InChI=1S/C23H30O6/c1-7-9-19(26-5)20(27-6)21(24)28-16-13-12-15-10-8-11-18(17(15)14-16)29-22(25)23(2,3)4/h8,10-14,19-20H,7,9H2,1-6H3. The van der Waals surface area contributed by atoms with E-state index in [0.29, 0.717) is 23.3 Å². The van der Waals surface area contributed by atoms with Gasteiger partial charge in [-0.3, -0.25) is 4.79 Å². The summed E-state index contributed by atoms with van der Waals surface area (Å²) >= 11 is 0. The highest BCUT2D eigenvalue weighted by Crippen LogP contribution is 2.31. The Morgan fingerprint density at radius 1 is 1.00 bits per heavy atom. The van der Waals surface area contributed by atoms with Crippen LogP contribution in [0.25, 0.3) is 10.8 Å². The second kappa shape index (κ2) is 9.85. The summed E-state index contributed by atoms with van der Waals surface area (Å²) in [6.07, 6.45) is 0.310. The molecule has 0 aliphatic rings. The molecule has 2 atom stereocenters. The summed E-state index contributed by atoms with van der Waals surface area (Å²) in [5.74, 6) is -0.106. The van der Waals surface area contributed by atoms with Crippen LogP contribution in [0, 0.1) is 5.41 Å². The van der Waals surface area contributed by atoms with Gasteiger partial charge in [0, 0.05) is 19.6 Å². The summed E-state index contributed by atoms with van der Waals surface area (Å²) in [5.41, 5.74) is -0.633. The van der Waals surface area contributed by atoms with Crippen molar-refractivity contribution >= 4 is 22.7 Å². The quantitative estimate of drug-likeness (QED) is 0.477. The minimum absolute atomic E-state index is 0.339. The largest absolute Gasteiger partial charge is 0.425 e. The van der Waals surface area contributed by atoms with Crippen molar-refractivity contribution in [2.45, 2.75) is 52.7 Å². The number of rotatable bonds is 8. The first-order chi connectivity index (χ1) is 13.7. The Morgan fingerprint density at radius 3 is 2.31 bits per heavy atom. The van der Waals surface area contributed by atoms with Crippen LogP contribution >= 0.6 is 0 Å². The number of ether oxygens (including phenoxy) is 4. The molecule has 158 valence electrons. The molecule has 0 heterocycles. The first-order valence-corrected chi connectivity index (χ1v) is 9.73. The number of carbonyl (C=O) groups is 2. The van der Waals surface area contributed by atoms with E-state index in [9.17, 15) is 9.59 Å². The summed E-state index contributed by atoms with van der Waals surface area (Å²) in [5, 5.41) is 1.55. The van der Waals surface area contributed by atoms with E-state index in [1.54, 1.807) is 46.1 Å². The van der Waals surface area contributed by atoms with E-state index in [1.807, 2.05) is 25.1 Å². The van der Waals surface area contributed by atoms with Crippen molar-refractivity contribution in [3.05, 3.63) is 36.4 Å². The molecule has 0 saturated heterocycles. The topological polar surface area (TPSA) is 71.1 Å². The van der Waals surface area contributed by atoms with Gasteiger partial charge in [-0.15, -0.1) is 0 Å². The van der Waals surface area contributed by atoms with Gasteiger partial charge in [0.1, 0.15) is 11.5 Å². The van der Waals surface area contributed by atoms with Gasteiger partial charge >= 0.3 is 11.9 Å². The molecule has 2 rings (SSSR count). The van der Waals surface area contributed by atoms with Crippen LogP contribution in [0.5, 0.6) is 11.5 Å². The molecule has 29 heavy (non-hydrogen) atoms. The lowest BCUT2D eigenvalue weighted by atomic mass is 9.97. The van der Waals surface area contributed by atoms with Gasteiger partial charge in [-0.2, -0.15) is 0 Å². The summed E-state index contributed by atoms with van der Waals surface area (Å²) < 4.78 is 21.8. The molecule has 6 nitrogen and oxygen atoms in total. The van der Waals surface area contributed by atoms with Crippen LogP contribution in [0.4, 0.5) is 0 Å². The fourth-order valence-electron chi connectivity index (χ4n) is 2.88. The van der Waals surface area contributed by atoms with E-state index in [4.69, 9.17) is 18.9 Å². The van der Waals surface area contributed by atoms with Gasteiger partial charge in [-0.05, 0) is 50.8 Å². The summed E-state index contributed by atoms with van der Waals surface area (Å²) in [4.78, 5) is 24.9. The van der Waals surface area contributed by atoms with Crippen molar-refractivity contribution in [3.8, 4) is 11.5 Å². The van der Waals surface area contributed by atoms with E-state index in [-0.39, 0.29) is 12.1 Å². The molecule has 0 amide bonds. The molecule has 2 aromatic rings. The highest BCUT2D eigenvalue weighted by molar-refractivity contribution is 5.92. The molecule has 6 heteroatoms. The van der Waals surface area contributed by atoms with Gasteiger partial charge in [0.2, 0.25) is 0 Å². The van der Waals surface area contributed by atoms with Crippen LogP contribution < -0.4 is 9.47 Å². The van der Waals surface area contributed by atoms with E-state index in [1.165, 1.54) is 7.11 Å². The van der Waals surface area contributed by atoms with Crippen molar-refractivity contribution < 1.29 is 28.5 Å². The normalized spacial score (nSPS) is 13.7. The van der Waals surface area contributed by atoms with Gasteiger partial charge in [-0.25, -0.2) is 4.79 Å². The lowest BCUT2D eigenvalue weighted by Crippen LogP contribution is -2.39. The van der Waals surface area contributed by atoms with Crippen molar-refractivity contribution in [3.63, 3.8) is 0 Å². The fraction of sp³-hybridized carbons (Fsp3) is 0.478. The lowest BCUT2D eigenvalue weighted by molar-refractivity contribution is -0.154. The number of fused-ring (bicyclic) bond motifs is 1. The zero-order valence-electron chi connectivity index (χ0n) is 18.0. The van der Waals surface area contributed by atoms with Gasteiger partial charge in [0.15, 0.2) is 6.10 Å². The predicted molar refractivity (Wildman–Crippen MR) is 111 cm³/mol. The number of methoxy groups -OCH3 is 2. The van der Waals surface area contributed by atoms with Crippen LogP contribution in [0.3, 0.4) is 0 Å². The van der Waals surface area contributed by atoms with Gasteiger partial charge < -0.3 is 18.9 Å². The highest BCUT2D eigenvalue weighted by atomic mass is 16.6. The predicted octanol–water partition coefficient (Wildman–Crippen LogP) is 4.53. The molecule has 0 N–H and O–H groups in total. The Bertz CT molecular complexity index is 852. The maximum atomic E-state index is 12.6. The van der Waals surface area contributed by atoms with Crippen molar-refractivity contribution in [2.75, 3.05) is 14.2 Å². The molecule has 0 radical (unpaired) electrons. The van der Waals surface area contributed by atoms with Gasteiger partial charge in [0.25, 0.3) is 0 Å². The molecular weight excluding hydrogens is 372 g/mol. The first-order valence-electron chi connectivity index (χ1n) is 9.73. The minimum atomic E-state index is -0.829. The summed E-state index contributed by atoms with van der Waals surface area (Å²) in [6, 6.07) is 10.6. The molecule has 0 aromatic heterocycles. The molecule has 0 saturated carbocycles. The van der Waals surface area contributed by atoms with E-state index < -0.39 is 17.5 Å². The molecular formula is C23H30O6. The van der Waals surface area contributed by atoms with Crippen molar-refractivity contribution in [1.82, 2.24) is 0 Å². The number of hydrogen-bond donors (Lipinski definition) is 0. The van der Waals surface area contributed by atoms with Crippen molar-refractivity contribution in [1.29, 1.82) is 0 Å². The molecule has 0 aliphatic carbocycles. The van der Waals surface area contributed by atoms with Crippen LogP contribution in [0.1, 0.15) is 40.5 Å². The Morgan fingerprint density at radius 2 is 1.72 bits per heavy atom. The van der Waals surface area contributed by atoms with Crippen LogP contribution in [-0.2, 0) is 19.1 Å². The highest BCUT2D eigenvalue weighted by Gasteiger charge is 2.30. The second-order valence-corrected chi connectivity index (χ2v) is 7.92. The molecule has 0 spiro atoms. The third-order valence-corrected chi connectivity index (χ3v) is 4.55. The Hall–Kier alpha value is -2.44.